The second-order valence-electron chi connectivity index (χ2n) is 17.6. The van der Waals surface area contributed by atoms with Crippen LogP contribution in [0.2, 0.25) is 0 Å². The van der Waals surface area contributed by atoms with Gasteiger partial charge in [-0.1, -0.05) is 0 Å². The lowest BCUT2D eigenvalue weighted by Crippen LogP contribution is -2.38. The van der Waals surface area contributed by atoms with Crippen LogP contribution in [0.25, 0.3) is 21.8 Å². The fourth-order valence-corrected chi connectivity index (χ4v) is 8.70. The summed E-state index contributed by atoms with van der Waals surface area (Å²) in [5, 5.41) is 10.4. The summed E-state index contributed by atoms with van der Waals surface area (Å²) in [6, 6.07) is 12.9. The molecule has 1 N–H and O–H groups in total. The minimum Gasteiger partial charge on any atom is -0.748 e. The number of benzene rings is 3. The number of pyridine rings is 1. The minimum atomic E-state index is -4.62. The van der Waals surface area contributed by atoms with Crippen LogP contribution in [0.1, 0.15) is 38.3 Å². The van der Waals surface area contributed by atoms with E-state index in [1.165, 1.54) is 12.1 Å². The molecule has 4 aromatic rings. The molecule has 0 aliphatic carbocycles. The Hall–Kier alpha value is -4.70. The Morgan fingerprint density at radius 3 is 1.19 bits per heavy atom. The third-order valence-electron chi connectivity index (χ3n) is 11.4. The lowest BCUT2D eigenvalue weighted by atomic mass is 10.0. The number of carboxylic acids is 1. The van der Waals surface area contributed by atoms with Gasteiger partial charge in [-0.2, -0.15) is 4.57 Å². The van der Waals surface area contributed by atoms with Crippen molar-refractivity contribution in [3.05, 3.63) is 70.8 Å². The maximum absolute atomic E-state index is 15.2. The van der Waals surface area contributed by atoms with Crippen molar-refractivity contribution in [3.8, 4) is 17.2 Å². The van der Waals surface area contributed by atoms with Crippen LogP contribution in [-0.2, 0) is 73.5 Å². The first-order valence-electron chi connectivity index (χ1n) is 24.2. The van der Waals surface area contributed by atoms with Crippen molar-refractivity contribution in [1.82, 2.24) is 0 Å². The van der Waals surface area contributed by atoms with Crippen LogP contribution in [0.15, 0.2) is 48.5 Å². The SMILES string of the molecule is COCC(COC)OCC(COC(COC)COC)Oc1ccc2c(c1)c(C(=O)Oc1c(C)cc(C(=O)O)cc1C)c1cc(OC(COC(COC)COC)COC(COC)COC)ccc1[n+]2CCCS(=O)(=O)[O-]. The lowest BCUT2D eigenvalue weighted by Gasteiger charge is -2.25. The van der Waals surface area contributed by atoms with E-state index in [0.29, 0.717) is 32.9 Å². The number of hydrogen-bond donors (Lipinski definition) is 1. The Balaban J connectivity index is 2.00. The van der Waals surface area contributed by atoms with Crippen molar-refractivity contribution in [3.63, 3.8) is 0 Å². The lowest BCUT2D eigenvalue weighted by molar-refractivity contribution is -0.645. The summed E-state index contributed by atoms with van der Waals surface area (Å²) in [6.07, 6.45) is -3.44. The summed E-state index contributed by atoms with van der Waals surface area (Å²) in [6.45, 7) is 5.17. The van der Waals surface area contributed by atoms with Crippen molar-refractivity contribution in [1.29, 1.82) is 0 Å². The van der Waals surface area contributed by atoms with Gasteiger partial charge in [0.1, 0.15) is 53.9 Å². The van der Waals surface area contributed by atoms with E-state index in [2.05, 4.69) is 0 Å². The van der Waals surface area contributed by atoms with E-state index in [0.717, 1.165) is 0 Å². The maximum Gasteiger partial charge on any atom is 0.345 e. The summed E-state index contributed by atoms with van der Waals surface area (Å²) >= 11 is 0. The summed E-state index contributed by atoms with van der Waals surface area (Å²) in [5.41, 5.74) is 1.72. The predicted molar refractivity (Wildman–Crippen MR) is 271 cm³/mol. The van der Waals surface area contributed by atoms with Crippen LogP contribution in [0.4, 0.5) is 0 Å². The zero-order valence-electron chi connectivity index (χ0n) is 44.7. The quantitative estimate of drug-likeness (QED) is 0.0218. The highest BCUT2D eigenvalue weighted by Crippen LogP contribution is 2.34. The predicted octanol–water partition coefficient (Wildman–Crippen LogP) is 3.96. The normalized spacial score (nSPS) is 12.2. The van der Waals surface area contributed by atoms with Gasteiger partial charge in [0.25, 0.3) is 0 Å². The average molecular weight is 1080 g/mol. The molecule has 420 valence electrons. The van der Waals surface area contributed by atoms with E-state index in [4.69, 9.17) is 71.1 Å². The first-order chi connectivity index (χ1) is 36.0. The Morgan fingerprint density at radius 1 is 0.533 bits per heavy atom. The van der Waals surface area contributed by atoms with Gasteiger partial charge in [0.05, 0.1) is 111 Å². The molecule has 0 unspecified atom stereocenters. The van der Waals surface area contributed by atoms with E-state index < -0.39 is 64.4 Å². The molecule has 0 atom stereocenters. The molecule has 0 aliphatic heterocycles. The number of aromatic carboxylic acids is 1. The van der Waals surface area contributed by atoms with Crippen molar-refractivity contribution < 1.29 is 103 Å². The Morgan fingerprint density at radius 2 is 0.880 bits per heavy atom. The number of ether oxygens (including phenoxy) is 15. The van der Waals surface area contributed by atoms with E-state index in [-0.39, 0.29) is 121 Å². The third kappa shape index (κ3) is 20.3. The van der Waals surface area contributed by atoms with Crippen LogP contribution in [0.5, 0.6) is 17.2 Å². The van der Waals surface area contributed by atoms with Crippen LogP contribution >= 0.6 is 0 Å². The summed E-state index contributed by atoms with van der Waals surface area (Å²) < 4.78 is 125. The number of esters is 1. The molecule has 0 spiro atoms. The number of rotatable bonds is 39. The molecule has 4 rings (SSSR count). The molecule has 0 bridgehead atoms. The number of carbonyl (C=O) groups is 2. The van der Waals surface area contributed by atoms with Crippen molar-refractivity contribution in [2.45, 2.75) is 63.4 Å². The summed E-state index contributed by atoms with van der Waals surface area (Å²) in [5.74, 6) is -1.96. The molecule has 0 radical (unpaired) electrons. The molecule has 3 aromatic carbocycles. The van der Waals surface area contributed by atoms with Crippen LogP contribution in [-0.4, -0.2) is 209 Å². The van der Waals surface area contributed by atoms with Gasteiger partial charge >= 0.3 is 11.9 Å². The number of aryl methyl sites for hydroxylation is 3. The summed E-state index contributed by atoms with van der Waals surface area (Å²) in [7, 11) is 7.77. The number of nitrogens with zero attached hydrogens (tertiary/aromatic N) is 1. The fraction of sp³-hybridized carbons (Fsp3) is 0.596. The molecule has 23 heteroatoms. The second-order valence-corrected chi connectivity index (χ2v) is 19.1. The molecule has 0 aliphatic rings. The Bertz CT molecular complexity index is 2300. The molecule has 0 amide bonds. The highest BCUT2D eigenvalue weighted by molar-refractivity contribution is 7.85. The largest absolute Gasteiger partial charge is 0.748 e. The molecule has 0 fully saturated rings. The molecular weight excluding hydrogens is 1010 g/mol. The zero-order chi connectivity index (χ0) is 54.9. The minimum absolute atomic E-state index is 0.00759. The molecule has 0 saturated heterocycles. The van der Waals surface area contributed by atoms with Crippen LogP contribution in [0.3, 0.4) is 0 Å². The topological polar surface area (TPSA) is 254 Å². The van der Waals surface area contributed by atoms with Gasteiger partial charge in [-0.05, 0) is 61.4 Å². The first kappa shape index (κ1) is 62.8. The van der Waals surface area contributed by atoms with Gasteiger partial charge in [0.2, 0.25) is 11.0 Å². The highest BCUT2D eigenvalue weighted by Gasteiger charge is 2.30. The van der Waals surface area contributed by atoms with E-state index in [1.54, 1.807) is 112 Å². The Kier molecular flexibility index (Phi) is 27.5. The molecule has 22 nitrogen and oxygen atoms in total. The van der Waals surface area contributed by atoms with E-state index in [9.17, 15) is 22.9 Å². The van der Waals surface area contributed by atoms with Gasteiger partial charge in [-0.3, -0.25) is 0 Å². The summed E-state index contributed by atoms with van der Waals surface area (Å²) in [4.78, 5) is 27.2. The third-order valence-corrected chi connectivity index (χ3v) is 12.2. The Labute approximate surface area is 439 Å². The van der Waals surface area contributed by atoms with E-state index in [1.807, 2.05) is 0 Å². The highest BCUT2D eigenvalue weighted by atomic mass is 32.2. The van der Waals surface area contributed by atoms with Crippen LogP contribution < -0.4 is 18.8 Å². The molecule has 0 saturated carbocycles. The van der Waals surface area contributed by atoms with Gasteiger partial charge < -0.3 is 80.7 Å². The number of aromatic nitrogens is 1. The van der Waals surface area contributed by atoms with Crippen molar-refractivity contribution in [2.24, 2.45) is 0 Å². The van der Waals surface area contributed by atoms with Gasteiger partial charge in [0.15, 0.2) is 6.54 Å². The van der Waals surface area contributed by atoms with Crippen LogP contribution in [0, 0.1) is 13.8 Å². The van der Waals surface area contributed by atoms with E-state index >= 15 is 4.79 Å². The van der Waals surface area contributed by atoms with Crippen molar-refractivity contribution >= 4 is 43.9 Å². The number of hydrogen-bond acceptors (Lipinski definition) is 20. The standard InChI is InChI=1S/C52H75NO21S/c1-34-18-36(51(54)55)19-35(2)50(34)74-52(56)49-45-20-37(72-43(30-68-39(22-60-3)23-61-4)31-69-40(24-62-5)25-63-6)12-14-47(45)53(16-11-17-75(57,58)59)48-15-13-38(21-46(48)49)73-44(32-70-41(26-64-7)27-65-8)33-71-42(28-66-9)29-67-10/h12-15,18-21,39-44H,11,16-17,22-33H2,1-10H3,(H-,54,55,57,58,59). The molecule has 75 heavy (non-hydrogen) atoms. The fourth-order valence-electron chi connectivity index (χ4n) is 8.22. The van der Waals surface area contributed by atoms with Gasteiger partial charge in [-0.25, -0.2) is 18.0 Å². The maximum atomic E-state index is 15.2. The average Bonchev–Trinajstić information content (AvgIpc) is 3.36. The second kappa shape index (κ2) is 32.8. The molecular formula is C52H75NO21S. The zero-order valence-corrected chi connectivity index (χ0v) is 45.5. The van der Waals surface area contributed by atoms with Gasteiger partial charge in [0, 0.05) is 81.2 Å². The first-order valence-corrected chi connectivity index (χ1v) is 25.8. The number of fused-ring (bicyclic) bond motifs is 2. The van der Waals surface area contributed by atoms with Crippen molar-refractivity contribution in [2.75, 3.05) is 142 Å². The molecule has 1 heterocycles. The number of carbonyl (C=O) groups excluding carboxylic acids is 1. The smallest absolute Gasteiger partial charge is 0.345 e. The monoisotopic (exact) mass is 1080 g/mol. The number of carboxylic acid groups (broad SMARTS) is 1. The van der Waals surface area contributed by atoms with Gasteiger partial charge in [-0.15, -0.1) is 0 Å². The number of methoxy groups -OCH3 is 8. The molecule has 1 aromatic heterocycles.